The molecule has 0 aromatic carbocycles. The number of hydrogen-bond acceptors (Lipinski definition) is 6. The molecule has 6 nitrogen and oxygen atoms in total. The quantitative estimate of drug-likeness (QED) is 0.0267. The molecule has 0 radical (unpaired) electrons. The molecule has 0 amide bonds. The van der Waals surface area contributed by atoms with Crippen molar-refractivity contribution in [2.24, 2.45) is 0 Å². The first-order valence-corrected chi connectivity index (χ1v) is 23.1. The summed E-state index contributed by atoms with van der Waals surface area (Å²) in [5.41, 5.74) is 0. The summed E-state index contributed by atoms with van der Waals surface area (Å²) in [6.45, 7) is 6.45. The van der Waals surface area contributed by atoms with E-state index in [4.69, 9.17) is 14.2 Å². The number of ether oxygens (including phenoxy) is 3. The summed E-state index contributed by atoms with van der Waals surface area (Å²) in [4.78, 5) is 37.7. The van der Waals surface area contributed by atoms with Crippen LogP contribution in [0.25, 0.3) is 0 Å². The topological polar surface area (TPSA) is 78.9 Å². The molecule has 0 fully saturated rings. The molecule has 0 N–H and O–H groups in total. The third kappa shape index (κ3) is 42.4. The Kier molecular flexibility index (Phi) is 42.0. The second kappa shape index (κ2) is 44.1. The molecule has 1 atom stereocenters. The van der Waals surface area contributed by atoms with Gasteiger partial charge in [-0.25, -0.2) is 0 Å². The van der Waals surface area contributed by atoms with E-state index in [1.807, 2.05) is 0 Å². The third-order valence-electron chi connectivity index (χ3n) is 9.82. The minimum atomic E-state index is -0.791. The minimum Gasteiger partial charge on any atom is -0.462 e. The Labute approximate surface area is 339 Å². The molecule has 55 heavy (non-hydrogen) atoms. The van der Waals surface area contributed by atoms with Crippen molar-refractivity contribution < 1.29 is 28.6 Å². The van der Waals surface area contributed by atoms with Crippen molar-refractivity contribution in [3.63, 3.8) is 0 Å². The van der Waals surface area contributed by atoms with Gasteiger partial charge in [0.15, 0.2) is 6.10 Å². The van der Waals surface area contributed by atoms with Crippen LogP contribution < -0.4 is 0 Å². The van der Waals surface area contributed by atoms with Gasteiger partial charge in [0.05, 0.1) is 0 Å². The predicted octanol–water partition coefficient (Wildman–Crippen LogP) is 14.8. The summed E-state index contributed by atoms with van der Waals surface area (Å²) < 4.78 is 16.6. The van der Waals surface area contributed by atoms with E-state index in [1.54, 1.807) is 0 Å². The Balaban J connectivity index is 4.39. The largest absolute Gasteiger partial charge is 0.462 e. The fourth-order valence-electron chi connectivity index (χ4n) is 6.33. The summed E-state index contributed by atoms with van der Waals surface area (Å²) in [5.74, 6) is -0.941. The van der Waals surface area contributed by atoms with Gasteiger partial charge in [0.25, 0.3) is 0 Å². The van der Waals surface area contributed by atoms with E-state index in [1.165, 1.54) is 103 Å². The highest BCUT2D eigenvalue weighted by molar-refractivity contribution is 5.71. The van der Waals surface area contributed by atoms with E-state index in [0.29, 0.717) is 19.3 Å². The third-order valence-corrected chi connectivity index (χ3v) is 9.82. The van der Waals surface area contributed by atoms with Gasteiger partial charge in [-0.15, -0.1) is 0 Å². The number of esters is 3. The average molecular weight is 771 g/mol. The molecule has 0 aromatic rings. The Hall–Kier alpha value is -2.63. The fraction of sp³-hybridized carbons (Fsp3) is 0.776. The molecule has 0 aliphatic carbocycles. The first kappa shape index (κ1) is 52.4. The number of unbranched alkanes of at least 4 members (excludes halogenated alkanes) is 22. The van der Waals surface area contributed by atoms with Gasteiger partial charge >= 0.3 is 17.9 Å². The molecule has 0 heterocycles. The van der Waals surface area contributed by atoms with Crippen LogP contribution >= 0.6 is 0 Å². The number of carbonyl (C=O) groups is 3. The van der Waals surface area contributed by atoms with E-state index >= 15 is 0 Å². The van der Waals surface area contributed by atoms with Gasteiger partial charge in [0.1, 0.15) is 13.2 Å². The molecular weight excluding hydrogens is 685 g/mol. The van der Waals surface area contributed by atoms with E-state index < -0.39 is 6.10 Å². The predicted molar refractivity (Wildman–Crippen MR) is 233 cm³/mol. The van der Waals surface area contributed by atoms with Crippen LogP contribution in [0.2, 0.25) is 0 Å². The normalized spacial score (nSPS) is 12.4. The Morgan fingerprint density at radius 2 is 0.709 bits per heavy atom. The molecule has 1 unspecified atom stereocenters. The molecule has 0 aliphatic rings. The molecule has 318 valence electrons. The van der Waals surface area contributed by atoms with Gasteiger partial charge in [-0.3, -0.25) is 14.4 Å². The number of hydrogen-bond donors (Lipinski definition) is 0. The van der Waals surface area contributed by atoms with Gasteiger partial charge in [0, 0.05) is 19.3 Å². The second-order valence-corrected chi connectivity index (χ2v) is 15.3. The molecule has 0 saturated heterocycles. The molecule has 6 heteroatoms. The molecule has 0 spiro atoms. The van der Waals surface area contributed by atoms with Crippen LogP contribution in [0.15, 0.2) is 48.6 Å². The lowest BCUT2D eigenvalue weighted by atomic mass is 10.1. The SMILES string of the molecule is CC/C=C\C/C=C\C/C=C\CCCCC(=O)OC(COC(=O)CCCCCCC/C=C\CCCCCCCCC)COC(=O)CCCCCCCCCCC. The van der Waals surface area contributed by atoms with Crippen molar-refractivity contribution in [1.29, 1.82) is 0 Å². The van der Waals surface area contributed by atoms with Crippen molar-refractivity contribution in [3.05, 3.63) is 48.6 Å². The highest BCUT2D eigenvalue weighted by Crippen LogP contribution is 2.13. The molecule has 0 saturated carbocycles. The highest BCUT2D eigenvalue weighted by atomic mass is 16.6. The first-order valence-electron chi connectivity index (χ1n) is 23.1. The monoisotopic (exact) mass is 771 g/mol. The van der Waals surface area contributed by atoms with Crippen LogP contribution in [0.4, 0.5) is 0 Å². The highest BCUT2D eigenvalue weighted by Gasteiger charge is 2.19. The molecule has 0 aliphatic heterocycles. The number of allylic oxidation sites excluding steroid dienone is 8. The van der Waals surface area contributed by atoms with Crippen LogP contribution in [0, 0.1) is 0 Å². The zero-order chi connectivity index (χ0) is 40.1. The van der Waals surface area contributed by atoms with Crippen molar-refractivity contribution in [1.82, 2.24) is 0 Å². The second-order valence-electron chi connectivity index (χ2n) is 15.3. The van der Waals surface area contributed by atoms with E-state index in [9.17, 15) is 14.4 Å². The molecular formula is C49H86O6. The van der Waals surface area contributed by atoms with Gasteiger partial charge in [-0.1, -0.05) is 179 Å². The fourth-order valence-corrected chi connectivity index (χ4v) is 6.33. The number of rotatable bonds is 41. The van der Waals surface area contributed by atoms with Gasteiger partial charge in [-0.05, 0) is 77.0 Å². The van der Waals surface area contributed by atoms with E-state index in [-0.39, 0.29) is 37.5 Å². The van der Waals surface area contributed by atoms with Crippen molar-refractivity contribution in [3.8, 4) is 0 Å². The van der Waals surface area contributed by atoms with Gasteiger partial charge in [0.2, 0.25) is 0 Å². The smallest absolute Gasteiger partial charge is 0.306 e. The van der Waals surface area contributed by atoms with Crippen molar-refractivity contribution in [2.45, 2.75) is 232 Å². The maximum atomic E-state index is 12.7. The lowest BCUT2D eigenvalue weighted by Crippen LogP contribution is -2.30. The maximum Gasteiger partial charge on any atom is 0.306 e. The van der Waals surface area contributed by atoms with E-state index in [2.05, 4.69) is 69.4 Å². The molecule has 0 rings (SSSR count). The van der Waals surface area contributed by atoms with Gasteiger partial charge < -0.3 is 14.2 Å². The Bertz CT molecular complexity index is 980. The Morgan fingerprint density at radius 3 is 1.16 bits per heavy atom. The number of carbonyl (C=O) groups excluding carboxylic acids is 3. The summed E-state index contributed by atoms with van der Waals surface area (Å²) in [7, 11) is 0. The van der Waals surface area contributed by atoms with Crippen LogP contribution in [0.5, 0.6) is 0 Å². The van der Waals surface area contributed by atoms with Crippen LogP contribution in [0.3, 0.4) is 0 Å². The summed E-state index contributed by atoms with van der Waals surface area (Å²) >= 11 is 0. The van der Waals surface area contributed by atoms with Crippen LogP contribution in [-0.4, -0.2) is 37.2 Å². The van der Waals surface area contributed by atoms with Gasteiger partial charge in [-0.2, -0.15) is 0 Å². The van der Waals surface area contributed by atoms with Crippen LogP contribution in [-0.2, 0) is 28.6 Å². The zero-order valence-corrected chi connectivity index (χ0v) is 36.2. The zero-order valence-electron chi connectivity index (χ0n) is 36.2. The van der Waals surface area contributed by atoms with Crippen molar-refractivity contribution >= 4 is 17.9 Å². The van der Waals surface area contributed by atoms with E-state index in [0.717, 1.165) is 77.0 Å². The lowest BCUT2D eigenvalue weighted by molar-refractivity contribution is -0.167. The lowest BCUT2D eigenvalue weighted by Gasteiger charge is -2.18. The van der Waals surface area contributed by atoms with Crippen LogP contribution in [0.1, 0.15) is 226 Å². The summed E-state index contributed by atoms with van der Waals surface area (Å²) in [5, 5.41) is 0. The summed E-state index contributed by atoms with van der Waals surface area (Å²) in [6, 6.07) is 0. The first-order chi connectivity index (χ1) is 27.0. The average Bonchev–Trinajstić information content (AvgIpc) is 3.18. The molecule has 0 aromatic heterocycles. The minimum absolute atomic E-state index is 0.0900. The molecule has 0 bridgehead atoms. The van der Waals surface area contributed by atoms with Crippen molar-refractivity contribution in [2.75, 3.05) is 13.2 Å². The maximum absolute atomic E-state index is 12.7. The Morgan fingerprint density at radius 1 is 0.382 bits per heavy atom. The standard InChI is InChI=1S/C49H86O6/c1-4-7-10-13-16-19-21-23-24-25-26-28-30-33-36-39-42-48(51)54-45-46(44-53-47(50)41-38-35-32-29-18-15-12-9-6-3)55-49(52)43-40-37-34-31-27-22-20-17-14-11-8-5-2/h8,11,17,20,24-25,27,31,46H,4-7,9-10,12-16,18-19,21-23,26,28-30,32-45H2,1-3H3/b11-8-,20-17-,25-24-,31-27-. The summed E-state index contributed by atoms with van der Waals surface area (Å²) in [6.07, 6.45) is 51.0.